The normalized spacial score (nSPS) is 16.8. The third-order valence-corrected chi connectivity index (χ3v) is 4.97. The molecular formula is C20H18N2O4. The highest BCUT2D eigenvalue weighted by Gasteiger charge is 2.42. The van der Waals surface area contributed by atoms with Gasteiger partial charge in [0.1, 0.15) is 0 Å². The van der Waals surface area contributed by atoms with Crippen molar-refractivity contribution in [2.75, 3.05) is 6.54 Å². The molecule has 0 N–H and O–H groups in total. The Labute approximate surface area is 150 Å². The molecular weight excluding hydrogens is 332 g/mol. The Morgan fingerprint density at radius 2 is 1.04 bits per heavy atom. The van der Waals surface area contributed by atoms with Gasteiger partial charge in [-0.3, -0.25) is 29.0 Å². The number of hydrogen-bond acceptors (Lipinski definition) is 4. The fraction of sp³-hybridized carbons (Fsp3) is 0.300. The highest BCUT2D eigenvalue weighted by Crippen LogP contribution is 2.39. The molecule has 0 aromatic heterocycles. The van der Waals surface area contributed by atoms with Crippen LogP contribution in [0.3, 0.4) is 0 Å². The molecule has 0 radical (unpaired) electrons. The van der Waals surface area contributed by atoms with Crippen LogP contribution in [-0.2, 0) is 0 Å². The lowest BCUT2D eigenvalue weighted by molar-refractivity contribution is 0.0457. The van der Waals surface area contributed by atoms with E-state index in [-0.39, 0.29) is 6.54 Å². The maximum absolute atomic E-state index is 13.0. The van der Waals surface area contributed by atoms with Crippen LogP contribution in [0, 0.1) is 0 Å². The first-order chi connectivity index (χ1) is 12.2. The Morgan fingerprint density at radius 1 is 0.692 bits per heavy atom. The van der Waals surface area contributed by atoms with Crippen molar-refractivity contribution < 1.29 is 19.2 Å². The van der Waals surface area contributed by atoms with E-state index in [0.29, 0.717) is 33.0 Å². The summed E-state index contributed by atoms with van der Waals surface area (Å²) >= 11 is 0. The van der Waals surface area contributed by atoms with Crippen molar-refractivity contribution in [1.82, 2.24) is 9.80 Å². The van der Waals surface area contributed by atoms with Gasteiger partial charge in [-0.1, -0.05) is 0 Å². The van der Waals surface area contributed by atoms with Gasteiger partial charge < -0.3 is 0 Å². The summed E-state index contributed by atoms with van der Waals surface area (Å²) in [5.74, 6) is -1.60. The summed E-state index contributed by atoms with van der Waals surface area (Å²) in [6.45, 7) is 7.38. The van der Waals surface area contributed by atoms with Crippen molar-refractivity contribution in [1.29, 1.82) is 0 Å². The van der Waals surface area contributed by atoms with E-state index in [1.807, 2.05) is 0 Å². The molecule has 2 aliphatic rings. The molecule has 0 fully saturated rings. The lowest BCUT2D eigenvalue weighted by Gasteiger charge is -2.38. The average molecular weight is 350 g/mol. The van der Waals surface area contributed by atoms with Crippen LogP contribution < -0.4 is 0 Å². The van der Waals surface area contributed by atoms with E-state index < -0.39 is 29.2 Å². The first-order valence-electron chi connectivity index (χ1n) is 8.53. The van der Waals surface area contributed by atoms with Gasteiger partial charge in [-0.05, 0) is 52.0 Å². The Balaban J connectivity index is 2.10. The molecule has 6 nitrogen and oxygen atoms in total. The van der Waals surface area contributed by atoms with Gasteiger partial charge >= 0.3 is 0 Å². The lowest BCUT2D eigenvalue weighted by Crippen LogP contribution is -2.51. The summed E-state index contributed by atoms with van der Waals surface area (Å²) < 4.78 is 0. The molecule has 2 aromatic rings. The number of imide groups is 2. The third-order valence-electron chi connectivity index (χ3n) is 4.97. The van der Waals surface area contributed by atoms with Gasteiger partial charge in [0.15, 0.2) is 0 Å². The minimum Gasteiger partial charge on any atom is -0.275 e. The van der Waals surface area contributed by atoms with Gasteiger partial charge in [-0.25, -0.2) is 0 Å². The predicted molar refractivity (Wildman–Crippen MR) is 95.2 cm³/mol. The van der Waals surface area contributed by atoms with Crippen LogP contribution in [0.15, 0.2) is 24.3 Å². The van der Waals surface area contributed by atoms with Crippen molar-refractivity contribution in [2.45, 2.75) is 33.2 Å². The molecule has 0 atom stereocenters. The molecule has 0 spiro atoms. The van der Waals surface area contributed by atoms with E-state index in [0.717, 1.165) is 0 Å². The first kappa shape index (κ1) is 16.4. The van der Waals surface area contributed by atoms with Crippen molar-refractivity contribution in [3.05, 3.63) is 46.5 Å². The monoisotopic (exact) mass is 350 g/mol. The van der Waals surface area contributed by atoms with Gasteiger partial charge in [-0.2, -0.15) is 0 Å². The van der Waals surface area contributed by atoms with Crippen molar-refractivity contribution in [3.63, 3.8) is 0 Å². The largest absolute Gasteiger partial charge is 0.275 e. The molecule has 4 amide bonds. The summed E-state index contributed by atoms with van der Waals surface area (Å²) in [6.07, 6.45) is 0. The molecule has 0 unspecified atom stereocenters. The number of carbonyl (C=O) groups is 4. The zero-order chi connectivity index (χ0) is 19.0. The van der Waals surface area contributed by atoms with E-state index in [9.17, 15) is 19.2 Å². The van der Waals surface area contributed by atoms with E-state index in [2.05, 4.69) is 0 Å². The van der Waals surface area contributed by atoms with E-state index in [1.54, 1.807) is 52.0 Å². The Hall–Kier alpha value is -3.02. The average Bonchev–Trinajstić information content (AvgIpc) is 2.57. The van der Waals surface area contributed by atoms with Gasteiger partial charge in [0.25, 0.3) is 23.6 Å². The van der Waals surface area contributed by atoms with E-state index in [1.165, 1.54) is 9.80 Å². The molecule has 6 heteroatoms. The van der Waals surface area contributed by atoms with Crippen molar-refractivity contribution in [2.24, 2.45) is 0 Å². The minimum absolute atomic E-state index is 0.262. The fourth-order valence-electron chi connectivity index (χ4n) is 3.82. The van der Waals surface area contributed by atoms with Gasteiger partial charge in [0, 0.05) is 45.1 Å². The summed E-state index contributed by atoms with van der Waals surface area (Å²) in [5, 5.41) is 0.822. The van der Waals surface area contributed by atoms with Crippen LogP contribution in [0.5, 0.6) is 0 Å². The van der Waals surface area contributed by atoms with Crippen LogP contribution in [0.4, 0.5) is 0 Å². The molecule has 0 saturated heterocycles. The van der Waals surface area contributed by atoms with Crippen LogP contribution in [0.2, 0.25) is 0 Å². The molecule has 26 heavy (non-hydrogen) atoms. The zero-order valence-electron chi connectivity index (χ0n) is 15.0. The maximum Gasteiger partial charge on any atom is 0.261 e. The number of amides is 4. The quantitative estimate of drug-likeness (QED) is 0.741. The van der Waals surface area contributed by atoms with Crippen molar-refractivity contribution in [3.8, 4) is 0 Å². The number of rotatable bonds is 1. The molecule has 0 bridgehead atoms. The van der Waals surface area contributed by atoms with Crippen LogP contribution >= 0.6 is 0 Å². The summed E-state index contributed by atoms with van der Waals surface area (Å²) in [4.78, 5) is 53.8. The zero-order valence-corrected chi connectivity index (χ0v) is 15.0. The number of nitrogens with zero attached hydrogens (tertiary/aromatic N) is 2. The number of hydrogen-bond donors (Lipinski definition) is 0. The van der Waals surface area contributed by atoms with Gasteiger partial charge in [0.2, 0.25) is 0 Å². The minimum atomic E-state index is -0.683. The predicted octanol–water partition coefficient (Wildman–Crippen LogP) is 2.85. The molecule has 4 rings (SSSR count). The Kier molecular flexibility index (Phi) is 3.16. The summed E-state index contributed by atoms with van der Waals surface area (Å²) in [5.41, 5.74) is 0.720. The highest BCUT2D eigenvalue weighted by molar-refractivity contribution is 6.33. The smallest absolute Gasteiger partial charge is 0.261 e. The van der Waals surface area contributed by atoms with Crippen molar-refractivity contribution >= 4 is 34.4 Å². The number of benzene rings is 2. The van der Waals surface area contributed by atoms with E-state index >= 15 is 0 Å². The Morgan fingerprint density at radius 3 is 1.35 bits per heavy atom. The third kappa shape index (κ3) is 1.87. The molecule has 0 saturated carbocycles. The molecule has 0 aliphatic carbocycles. The second-order valence-electron chi connectivity index (χ2n) is 7.54. The molecule has 2 heterocycles. The summed E-state index contributed by atoms with van der Waals surface area (Å²) in [7, 11) is 0. The van der Waals surface area contributed by atoms with Crippen LogP contribution in [-0.4, -0.2) is 45.5 Å². The topological polar surface area (TPSA) is 74.8 Å². The second-order valence-corrected chi connectivity index (χ2v) is 7.54. The highest BCUT2D eigenvalue weighted by atomic mass is 16.2. The fourth-order valence-corrected chi connectivity index (χ4v) is 3.82. The van der Waals surface area contributed by atoms with Crippen LogP contribution in [0.25, 0.3) is 10.8 Å². The number of carbonyl (C=O) groups excluding carboxylic acids is 4. The van der Waals surface area contributed by atoms with Gasteiger partial charge in [-0.15, -0.1) is 0 Å². The SMILES string of the molecule is CCN1C(=O)c2ccc3c4c(ccc(c24)C1=O)C(=O)N(C(C)(C)C)C3=O. The molecule has 2 aromatic carbocycles. The lowest BCUT2D eigenvalue weighted by atomic mass is 9.84. The van der Waals surface area contributed by atoms with E-state index in [4.69, 9.17) is 0 Å². The standard InChI is InChI=1S/C20H18N2O4/c1-5-21-16(23)10-6-8-12-15-13(9-7-11(14(10)15)17(21)24)19(26)22(18(12)25)20(2,3)4/h6-9H,5H2,1-4H3. The maximum atomic E-state index is 13.0. The molecule has 2 aliphatic heterocycles. The van der Waals surface area contributed by atoms with Crippen LogP contribution in [0.1, 0.15) is 69.1 Å². The second kappa shape index (κ2) is 5.00. The Bertz CT molecular complexity index is 975. The summed E-state index contributed by atoms with van der Waals surface area (Å²) in [6, 6.07) is 6.33. The first-order valence-corrected chi connectivity index (χ1v) is 8.53. The van der Waals surface area contributed by atoms with Gasteiger partial charge in [0.05, 0.1) is 0 Å². The molecule has 132 valence electrons.